The van der Waals surface area contributed by atoms with Crippen molar-refractivity contribution in [3.05, 3.63) is 35.9 Å². The summed E-state index contributed by atoms with van der Waals surface area (Å²) in [6, 6.07) is 9.29. The van der Waals surface area contributed by atoms with Crippen LogP contribution in [0.3, 0.4) is 0 Å². The molecule has 1 aromatic carbocycles. The second-order valence-corrected chi connectivity index (χ2v) is 5.99. The van der Waals surface area contributed by atoms with E-state index in [2.05, 4.69) is 0 Å². The number of aliphatic carboxylic acids is 1. The van der Waals surface area contributed by atoms with Gasteiger partial charge in [0.25, 0.3) is 0 Å². The molecule has 1 saturated heterocycles. The quantitative estimate of drug-likeness (QED) is 0.620. The summed E-state index contributed by atoms with van der Waals surface area (Å²) in [5.41, 5.74) is 0.742. The van der Waals surface area contributed by atoms with Gasteiger partial charge in [0.05, 0.1) is 0 Å². The summed E-state index contributed by atoms with van der Waals surface area (Å²) >= 11 is 0. The number of benzene rings is 1. The molecule has 0 unspecified atom stereocenters. The zero-order chi connectivity index (χ0) is 16.7. The molecule has 0 saturated carbocycles. The molecule has 1 amide bonds. The van der Waals surface area contributed by atoms with Crippen molar-refractivity contribution in [3.63, 3.8) is 0 Å². The van der Waals surface area contributed by atoms with Gasteiger partial charge in [0.1, 0.15) is 0 Å². The first-order valence-corrected chi connectivity index (χ1v) is 8.17. The Morgan fingerprint density at radius 3 is 2.22 bits per heavy atom. The van der Waals surface area contributed by atoms with Crippen LogP contribution in [0, 0.1) is 5.92 Å². The highest BCUT2D eigenvalue weighted by atomic mass is 16.4. The molecule has 1 aromatic rings. The average Bonchev–Trinajstić information content (AvgIpc) is 2.58. The van der Waals surface area contributed by atoms with Crippen LogP contribution in [-0.4, -0.2) is 40.8 Å². The van der Waals surface area contributed by atoms with Crippen LogP contribution in [0.2, 0.25) is 0 Å². The Hall–Kier alpha value is -2.17. The molecule has 0 aromatic heterocycles. The molecule has 0 bridgehead atoms. The Kier molecular flexibility index (Phi) is 6.32. The smallest absolute Gasteiger partial charge is 0.303 e. The molecule has 0 radical (unpaired) electrons. The fourth-order valence-corrected chi connectivity index (χ4v) is 2.94. The monoisotopic (exact) mass is 317 g/mol. The van der Waals surface area contributed by atoms with Gasteiger partial charge < -0.3 is 10.0 Å². The minimum absolute atomic E-state index is 0.00606. The van der Waals surface area contributed by atoms with Crippen molar-refractivity contribution in [2.24, 2.45) is 5.92 Å². The number of carbonyl (C=O) groups excluding carboxylic acids is 2. The van der Waals surface area contributed by atoms with Crippen LogP contribution >= 0.6 is 0 Å². The lowest BCUT2D eigenvalue weighted by Gasteiger charge is -2.31. The molecule has 0 atom stereocenters. The van der Waals surface area contributed by atoms with E-state index in [1.165, 1.54) is 0 Å². The highest BCUT2D eigenvalue weighted by Gasteiger charge is 2.27. The Balaban J connectivity index is 1.74. The summed E-state index contributed by atoms with van der Waals surface area (Å²) in [6.07, 6.45) is 3.05. The van der Waals surface area contributed by atoms with Crippen LogP contribution in [-0.2, 0) is 9.59 Å². The van der Waals surface area contributed by atoms with Crippen molar-refractivity contribution in [2.45, 2.75) is 38.5 Å². The third-order valence-corrected chi connectivity index (χ3v) is 4.31. The maximum Gasteiger partial charge on any atom is 0.303 e. The van der Waals surface area contributed by atoms with Crippen LogP contribution in [0.5, 0.6) is 0 Å². The van der Waals surface area contributed by atoms with Gasteiger partial charge in [-0.15, -0.1) is 0 Å². The first-order chi connectivity index (χ1) is 11.1. The number of rotatable bonds is 7. The third kappa shape index (κ3) is 5.20. The van der Waals surface area contributed by atoms with Crippen molar-refractivity contribution in [1.82, 2.24) is 4.90 Å². The van der Waals surface area contributed by atoms with Gasteiger partial charge in [0.15, 0.2) is 5.78 Å². The molecule has 1 aliphatic rings. The van der Waals surface area contributed by atoms with E-state index in [4.69, 9.17) is 5.11 Å². The maximum atomic E-state index is 12.4. The van der Waals surface area contributed by atoms with Gasteiger partial charge in [0.2, 0.25) is 5.91 Å². The van der Waals surface area contributed by atoms with Crippen molar-refractivity contribution in [2.75, 3.05) is 13.1 Å². The zero-order valence-electron chi connectivity index (χ0n) is 13.2. The number of likely N-dealkylation sites (tertiary alicyclic amines) is 1. The standard InChI is InChI=1S/C18H23NO4/c20-16(8-4-5-9-17(21)22)19-12-10-15(11-13-19)18(23)14-6-2-1-3-7-14/h1-3,6-7,15H,4-5,8-13H2,(H,21,22). The number of carbonyl (C=O) groups is 3. The molecule has 23 heavy (non-hydrogen) atoms. The minimum atomic E-state index is -0.822. The molecule has 0 spiro atoms. The molecule has 2 rings (SSSR count). The molecule has 5 nitrogen and oxygen atoms in total. The summed E-state index contributed by atoms with van der Waals surface area (Å²) in [5, 5.41) is 8.58. The fraction of sp³-hybridized carbons (Fsp3) is 0.500. The van der Waals surface area contributed by atoms with Gasteiger partial charge in [-0.3, -0.25) is 14.4 Å². The van der Waals surface area contributed by atoms with E-state index < -0.39 is 5.97 Å². The van der Waals surface area contributed by atoms with Gasteiger partial charge in [-0.05, 0) is 25.7 Å². The highest BCUT2D eigenvalue weighted by Crippen LogP contribution is 2.22. The first kappa shape index (κ1) is 17.2. The van der Waals surface area contributed by atoms with Crippen molar-refractivity contribution >= 4 is 17.7 Å². The molecular formula is C18H23NO4. The van der Waals surface area contributed by atoms with Crippen LogP contribution in [0.15, 0.2) is 30.3 Å². The van der Waals surface area contributed by atoms with Crippen LogP contribution in [0.1, 0.15) is 48.9 Å². The normalized spacial score (nSPS) is 15.4. The van der Waals surface area contributed by atoms with Gasteiger partial charge in [0, 0.05) is 37.4 Å². The summed E-state index contributed by atoms with van der Waals surface area (Å²) in [7, 11) is 0. The summed E-state index contributed by atoms with van der Waals surface area (Å²) < 4.78 is 0. The molecule has 5 heteroatoms. The summed E-state index contributed by atoms with van der Waals surface area (Å²) in [6.45, 7) is 1.22. The Labute approximate surface area is 136 Å². The predicted molar refractivity (Wildman–Crippen MR) is 86.2 cm³/mol. The van der Waals surface area contributed by atoms with Gasteiger partial charge in [-0.2, -0.15) is 0 Å². The van der Waals surface area contributed by atoms with Crippen molar-refractivity contribution in [1.29, 1.82) is 0 Å². The number of piperidine rings is 1. The zero-order valence-corrected chi connectivity index (χ0v) is 13.2. The van der Waals surface area contributed by atoms with Gasteiger partial charge >= 0.3 is 5.97 Å². The third-order valence-electron chi connectivity index (χ3n) is 4.31. The molecule has 1 aliphatic heterocycles. The largest absolute Gasteiger partial charge is 0.481 e. The number of Topliss-reactive ketones (excluding diaryl/α,β-unsaturated/α-hetero) is 1. The van der Waals surface area contributed by atoms with E-state index in [0.29, 0.717) is 45.2 Å². The fourth-order valence-electron chi connectivity index (χ4n) is 2.94. The first-order valence-electron chi connectivity index (χ1n) is 8.17. The number of carboxylic acid groups (broad SMARTS) is 1. The Bertz CT molecular complexity index is 547. The Morgan fingerprint density at radius 1 is 1.00 bits per heavy atom. The molecule has 1 heterocycles. The Morgan fingerprint density at radius 2 is 1.61 bits per heavy atom. The number of hydrogen-bond acceptors (Lipinski definition) is 3. The van der Waals surface area contributed by atoms with Gasteiger partial charge in [-0.1, -0.05) is 30.3 Å². The van der Waals surface area contributed by atoms with Gasteiger partial charge in [-0.25, -0.2) is 0 Å². The van der Waals surface area contributed by atoms with E-state index >= 15 is 0 Å². The van der Waals surface area contributed by atoms with Crippen LogP contribution < -0.4 is 0 Å². The number of unbranched alkanes of at least 4 members (excludes halogenated alkanes) is 1. The molecule has 1 N–H and O–H groups in total. The topological polar surface area (TPSA) is 74.7 Å². The van der Waals surface area contributed by atoms with Crippen molar-refractivity contribution in [3.8, 4) is 0 Å². The van der Waals surface area contributed by atoms with E-state index in [-0.39, 0.29) is 24.0 Å². The molecule has 0 aliphatic carbocycles. The van der Waals surface area contributed by atoms with E-state index in [9.17, 15) is 14.4 Å². The van der Waals surface area contributed by atoms with Crippen LogP contribution in [0.4, 0.5) is 0 Å². The van der Waals surface area contributed by atoms with E-state index in [1.54, 1.807) is 4.90 Å². The minimum Gasteiger partial charge on any atom is -0.481 e. The summed E-state index contributed by atoms with van der Waals surface area (Å²) in [5.74, 6) is -0.591. The highest BCUT2D eigenvalue weighted by molar-refractivity contribution is 5.98. The van der Waals surface area contributed by atoms with E-state index in [1.807, 2.05) is 30.3 Å². The van der Waals surface area contributed by atoms with Crippen LogP contribution in [0.25, 0.3) is 0 Å². The molecular weight excluding hydrogens is 294 g/mol. The SMILES string of the molecule is O=C(O)CCCCC(=O)N1CCC(C(=O)c2ccccc2)CC1. The predicted octanol–water partition coefficient (Wildman–Crippen LogP) is 2.75. The second-order valence-electron chi connectivity index (χ2n) is 5.99. The lowest BCUT2D eigenvalue weighted by molar-refractivity contribution is -0.137. The number of carboxylic acids is 1. The number of nitrogens with zero attached hydrogens (tertiary/aromatic N) is 1. The van der Waals surface area contributed by atoms with Crippen molar-refractivity contribution < 1.29 is 19.5 Å². The molecule has 124 valence electrons. The maximum absolute atomic E-state index is 12.4. The molecule has 1 fully saturated rings. The lowest BCUT2D eigenvalue weighted by atomic mass is 9.89. The number of amides is 1. The second kappa shape index (κ2) is 8.46. The van der Waals surface area contributed by atoms with E-state index in [0.717, 1.165) is 5.56 Å². The number of ketones is 1. The lowest BCUT2D eigenvalue weighted by Crippen LogP contribution is -2.40. The summed E-state index contributed by atoms with van der Waals surface area (Å²) in [4.78, 5) is 36.7. The number of hydrogen-bond donors (Lipinski definition) is 1. The average molecular weight is 317 g/mol.